The smallest absolute Gasteiger partial charge is 0.329 e. The third-order valence-corrected chi connectivity index (χ3v) is 3.41. The summed E-state index contributed by atoms with van der Waals surface area (Å²) in [5.74, 6) is -0.686. The molecule has 2 rings (SSSR count). The van der Waals surface area contributed by atoms with Crippen LogP contribution in [0.25, 0.3) is 0 Å². The lowest BCUT2D eigenvalue weighted by Crippen LogP contribution is -2.44. The van der Waals surface area contributed by atoms with Crippen LogP contribution in [0.4, 0.5) is 0 Å². The fourth-order valence-corrected chi connectivity index (χ4v) is 2.26. The van der Waals surface area contributed by atoms with Crippen LogP contribution in [0.1, 0.15) is 35.5 Å². The SMILES string of the molecule is Cc1cc(C(=O)N[C@@H](Cc2ccc(O)cc2)C(=O)OC(C)C)c[nH]1. The molecule has 0 unspecified atom stereocenters. The molecule has 1 aromatic heterocycles. The van der Waals surface area contributed by atoms with Crippen molar-refractivity contribution in [2.45, 2.75) is 39.3 Å². The Hall–Kier alpha value is -2.76. The summed E-state index contributed by atoms with van der Waals surface area (Å²) in [7, 11) is 0. The van der Waals surface area contributed by atoms with Gasteiger partial charge in [0.1, 0.15) is 11.8 Å². The van der Waals surface area contributed by atoms with Crippen molar-refractivity contribution in [2.24, 2.45) is 0 Å². The molecular formula is C18H22N2O4. The van der Waals surface area contributed by atoms with Crippen molar-refractivity contribution in [3.05, 3.63) is 53.3 Å². The first-order chi connectivity index (χ1) is 11.3. The highest BCUT2D eigenvalue weighted by molar-refractivity contribution is 5.96. The summed E-state index contributed by atoms with van der Waals surface area (Å²) >= 11 is 0. The third kappa shape index (κ3) is 4.87. The molecule has 6 nitrogen and oxygen atoms in total. The molecule has 0 saturated heterocycles. The Labute approximate surface area is 140 Å². The molecule has 6 heteroatoms. The predicted molar refractivity (Wildman–Crippen MR) is 89.8 cm³/mol. The first-order valence-electron chi connectivity index (χ1n) is 7.79. The minimum Gasteiger partial charge on any atom is -0.508 e. The van der Waals surface area contributed by atoms with Crippen molar-refractivity contribution >= 4 is 11.9 Å². The van der Waals surface area contributed by atoms with Gasteiger partial charge in [-0.1, -0.05) is 12.1 Å². The van der Waals surface area contributed by atoms with Crippen LogP contribution in [0.5, 0.6) is 5.75 Å². The number of hydrogen-bond donors (Lipinski definition) is 3. The van der Waals surface area contributed by atoms with Gasteiger partial charge in [-0.25, -0.2) is 4.79 Å². The van der Waals surface area contributed by atoms with Crippen LogP contribution in [0, 0.1) is 6.92 Å². The number of benzene rings is 1. The molecule has 128 valence electrons. The van der Waals surface area contributed by atoms with E-state index in [0.29, 0.717) is 5.56 Å². The Morgan fingerprint density at radius 2 is 1.92 bits per heavy atom. The Balaban J connectivity index is 2.14. The predicted octanol–water partition coefficient (Wildman–Crippen LogP) is 2.32. The molecule has 0 radical (unpaired) electrons. The van der Waals surface area contributed by atoms with E-state index in [-0.39, 0.29) is 24.2 Å². The van der Waals surface area contributed by atoms with E-state index in [4.69, 9.17) is 4.74 Å². The molecule has 2 aromatic rings. The molecule has 0 aliphatic heterocycles. The van der Waals surface area contributed by atoms with Gasteiger partial charge in [0.25, 0.3) is 5.91 Å². The normalized spacial score (nSPS) is 12.0. The minimum absolute atomic E-state index is 0.145. The van der Waals surface area contributed by atoms with Gasteiger partial charge >= 0.3 is 5.97 Å². The first-order valence-corrected chi connectivity index (χ1v) is 7.79. The molecule has 0 aliphatic carbocycles. The number of esters is 1. The van der Waals surface area contributed by atoms with Crippen LogP contribution >= 0.6 is 0 Å². The summed E-state index contributed by atoms with van der Waals surface area (Å²) in [4.78, 5) is 27.6. The largest absolute Gasteiger partial charge is 0.508 e. The summed E-state index contributed by atoms with van der Waals surface area (Å²) in [6.07, 6.45) is 1.60. The lowest BCUT2D eigenvalue weighted by Gasteiger charge is -2.19. The lowest BCUT2D eigenvalue weighted by atomic mass is 10.1. The summed E-state index contributed by atoms with van der Waals surface area (Å²) in [6.45, 7) is 5.36. The van der Waals surface area contributed by atoms with Crippen LogP contribution < -0.4 is 5.32 Å². The van der Waals surface area contributed by atoms with Crippen molar-refractivity contribution in [3.63, 3.8) is 0 Å². The van der Waals surface area contributed by atoms with Crippen molar-refractivity contribution in [2.75, 3.05) is 0 Å². The third-order valence-electron chi connectivity index (χ3n) is 3.41. The molecule has 0 spiro atoms. The van der Waals surface area contributed by atoms with Gasteiger partial charge < -0.3 is 20.1 Å². The molecular weight excluding hydrogens is 308 g/mol. The Morgan fingerprint density at radius 1 is 1.25 bits per heavy atom. The maximum absolute atomic E-state index is 12.3. The van der Waals surface area contributed by atoms with E-state index in [1.54, 1.807) is 38.2 Å². The fourth-order valence-electron chi connectivity index (χ4n) is 2.26. The van der Waals surface area contributed by atoms with Gasteiger partial charge in [-0.05, 0) is 44.5 Å². The van der Waals surface area contributed by atoms with Gasteiger partial charge in [0.05, 0.1) is 11.7 Å². The van der Waals surface area contributed by atoms with Crippen LogP contribution in [-0.2, 0) is 16.0 Å². The molecule has 0 aliphatic rings. The van der Waals surface area contributed by atoms with Gasteiger partial charge in [0.15, 0.2) is 0 Å². The first kappa shape index (κ1) is 17.6. The quantitative estimate of drug-likeness (QED) is 0.709. The number of phenolic OH excluding ortho intramolecular Hbond substituents is 1. The summed E-state index contributed by atoms with van der Waals surface area (Å²) < 4.78 is 5.24. The second-order valence-electron chi connectivity index (χ2n) is 5.95. The number of rotatable bonds is 6. The van der Waals surface area contributed by atoms with Gasteiger partial charge in [0.2, 0.25) is 0 Å². The number of ether oxygens (including phenoxy) is 1. The number of carbonyl (C=O) groups is 2. The highest BCUT2D eigenvalue weighted by Crippen LogP contribution is 2.13. The van der Waals surface area contributed by atoms with E-state index in [9.17, 15) is 14.7 Å². The number of aromatic hydroxyl groups is 1. The van der Waals surface area contributed by atoms with Gasteiger partial charge in [0, 0.05) is 18.3 Å². The molecule has 1 aromatic carbocycles. The van der Waals surface area contributed by atoms with Gasteiger partial charge in [-0.15, -0.1) is 0 Å². The van der Waals surface area contributed by atoms with Crippen molar-refractivity contribution in [1.82, 2.24) is 10.3 Å². The number of H-pyrrole nitrogens is 1. The van der Waals surface area contributed by atoms with Gasteiger partial charge in [-0.2, -0.15) is 0 Å². The minimum atomic E-state index is -0.806. The van der Waals surface area contributed by atoms with E-state index in [2.05, 4.69) is 10.3 Å². The zero-order chi connectivity index (χ0) is 17.7. The maximum Gasteiger partial charge on any atom is 0.329 e. The molecule has 0 fully saturated rings. The molecule has 1 atom stereocenters. The summed E-state index contributed by atoms with van der Waals surface area (Å²) in [5, 5.41) is 12.1. The Kier molecular flexibility index (Phi) is 5.63. The van der Waals surface area contributed by atoms with Crippen LogP contribution in [0.3, 0.4) is 0 Å². The second kappa shape index (κ2) is 7.68. The second-order valence-corrected chi connectivity index (χ2v) is 5.95. The van der Waals surface area contributed by atoms with Crippen molar-refractivity contribution in [1.29, 1.82) is 0 Å². The molecule has 0 bridgehead atoms. The van der Waals surface area contributed by atoms with E-state index >= 15 is 0 Å². The zero-order valence-electron chi connectivity index (χ0n) is 14.0. The van der Waals surface area contributed by atoms with Gasteiger partial charge in [-0.3, -0.25) is 4.79 Å². The average Bonchev–Trinajstić information content (AvgIpc) is 2.94. The number of hydrogen-bond acceptors (Lipinski definition) is 4. The standard InChI is InChI=1S/C18H22N2O4/c1-11(2)24-18(23)16(9-13-4-6-15(21)7-5-13)20-17(22)14-8-12(3)19-10-14/h4-8,10-11,16,19,21H,9H2,1-3H3,(H,20,22)/t16-/m0/s1. The monoisotopic (exact) mass is 330 g/mol. The Bertz CT molecular complexity index is 704. The summed E-state index contributed by atoms with van der Waals surface area (Å²) in [6, 6.07) is 7.39. The average molecular weight is 330 g/mol. The highest BCUT2D eigenvalue weighted by Gasteiger charge is 2.24. The number of aryl methyl sites for hydroxylation is 1. The highest BCUT2D eigenvalue weighted by atomic mass is 16.5. The number of aromatic nitrogens is 1. The number of amides is 1. The van der Waals surface area contributed by atoms with Crippen LogP contribution in [-0.4, -0.2) is 34.1 Å². The van der Waals surface area contributed by atoms with Crippen LogP contribution in [0.15, 0.2) is 36.5 Å². The van der Waals surface area contributed by atoms with Crippen molar-refractivity contribution < 1.29 is 19.4 Å². The number of nitrogens with one attached hydrogen (secondary N) is 2. The zero-order valence-corrected chi connectivity index (χ0v) is 14.0. The maximum atomic E-state index is 12.3. The Morgan fingerprint density at radius 3 is 2.46 bits per heavy atom. The topological polar surface area (TPSA) is 91.4 Å². The molecule has 1 heterocycles. The number of aromatic amines is 1. The van der Waals surface area contributed by atoms with E-state index in [0.717, 1.165) is 11.3 Å². The number of carbonyl (C=O) groups excluding carboxylic acids is 2. The van der Waals surface area contributed by atoms with Crippen LogP contribution in [0.2, 0.25) is 0 Å². The fraction of sp³-hybridized carbons (Fsp3) is 0.333. The van der Waals surface area contributed by atoms with E-state index in [1.165, 1.54) is 12.1 Å². The number of phenols is 1. The van der Waals surface area contributed by atoms with E-state index < -0.39 is 12.0 Å². The molecule has 0 saturated carbocycles. The summed E-state index contributed by atoms with van der Waals surface area (Å²) in [5.41, 5.74) is 2.13. The lowest BCUT2D eigenvalue weighted by molar-refractivity contribution is -0.149. The molecule has 3 N–H and O–H groups in total. The van der Waals surface area contributed by atoms with Crippen molar-refractivity contribution in [3.8, 4) is 5.75 Å². The molecule has 24 heavy (non-hydrogen) atoms. The van der Waals surface area contributed by atoms with E-state index in [1.807, 2.05) is 6.92 Å². The molecule has 1 amide bonds.